The minimum absolute atomic E-state index is 0.115. The number of rotatable bonds is 7. The molecule has 1 aliphatic rings. The van der Waals surface area contributed by atoms with Gasteiger partial charge in [0, 0.05) is 25.2 Å². The number of ether oxygens (including phenoxy) is 1. The first-order valence-electron chi connectivity index (χ1n) is 9.92. The minimum atomic E-state index is -0.115. The van der Waals surface area contributed by atoms with Crippen molar-refractivity contribution < 1.29 is 9.84 Å². The van der Waals surface area contributed by atoms with Crippen LogP contribution in [0.3, 0.4) is 0 Å². The van der Waals surface area contributed by atoms with Crippen molar-refractivity contribution in [1.29, 1.82) is 0 Å². The minimum Gasteiger partial charge on any atom is -0.388 e. The van der Waals surface area contributed by atoms with E-state index in [1.165, 1.54) is 0 Å². The Kier molecular flexibility index (Phi) is 5.70. The summed E-state index contributed by atoms with van der Waals surface area (Å²) in [6.07, 6.45) is 3.74. The summed E-state index contributed by atoms with van der Waals surface area (Å²) >= 11 is 0. The lowest BCUT2D eigenvalue weighted by atomic mass is 10.1. The Morgan fingerprint density at radius 3 is 2.82 bits per heavy atom. The second kappa shape index (κ2) is 8.38. The van der Waals surface area contributed by atoms with Crippen LogP contribution in [0, 0.1) is 0 Å². The van der Waals surface area contributed by atoms with Gasteiger partial charge in [0.15, 0.2) is 11.6 Å². The van der Waals surface area contributed by atoms with Crippen LogP contribution in [0.1, 0.15) is 37.0 Å². The average molecular weight is 384 g/mol. The highest BCUT2D eigenvalue weighted by atomic mass is 16.5. The molecule has 0 aliphatic carbocycles. The number of benzene rings is 1. The van der Waals surface area contributed by atoms with Gasteiger partial charge in [-0.15, -0.1) is 0 Å². The summed E-state index contributed by atoms with van der Waals surface area (Å²) in [5.41, 5.74) is 2.68. The molecule has 1 fully saturated rings. The first-order chi connectivity index (χ1) is 13.7. The number of aromatic amines is 1. The number of aromatic nitrogens is 5. The van der Waals surface area contributed by atoms with Gasteiger partial charge in [-0.3, -0.25) is 0 Å². The number of H-pyrrole nitrogens is 1. The van der Waals surface area contributed by atoms with E-state index in [2.05, 4.69) is 33.6 Å². The Hall–Kier alpha value is -2.29. The van der Waals surface area contributed by atoms with Crippen LogP contribution in [0.25, 0.3) is 22.4 Å². The molecule has 2 aromatic heterocycles. The number of imidazole rings is 1. The molecular formula is C20H28N6O2. The first-order valence-corrected chi connectivity index (χ1v) is 9.92. The van der Waals surface area contributed by atoms with Crippen molar-refractivity contribution in [3.63, 3.8) is 0 Å². The Morgan fingerprint density at radius 2 is 2.07 bits per heavy atom. The maximum atomic E-state index is 9.46. The van der Waals surface area contributed by atoms with Crippen LogP contribution in [0.5, 0.6) is 0 Å². The Labute approximate surface area is 164 Å². The van der Waals surface area contributed by atoms with Crippen molar-refractivity contribution >= 4 is 11.0 Å². The average Bonchev–Trinajstić information content (AvgIpc) is 3.32. The topological polar surface area (TPSA) is 92.1 Å². The molecule has 1 aliphatic heterocycles. The van der Waals surface area contributed by atoms with E-state index in [1.807, 2.05) is 18.2 Å². The van der Waals surface area contributed by atoms with Crippen molar-refractivity contribution in [2.45, 2.75) is 38.3 Å². The standard InChI is InChI=1S/C20H28N6O2/c1-25(2)10-4-7-17-23-20(26(24-17)14-8-11-28-12-9-14)15-5-3-6-16-19(15)22-18(13-27)21-16/h3,5-6,14,27H,4,7-13H2,1-2H3,(H,21,22). The van der Waals surface area contributed by atoms with Gasteiger partial charge in [0.2, 0.25) is 0 Å². The fraction of sp³-hybridized carbons (Fsp3) is 0.550. The summed E-state index contributed by atoms with van der Waals surface area (Å²) in [7, 11) is 4.16. The SMILES string of the molecule is CN(C)CCCc1nc(-c2cccc3[nH]c(CO)nc23)n(C2CCOCC2)n1. The zero-order valence-corrected chi connectivity index (χ0v) is 16.6. The van der Waals surface area contributed by atoms with E-state index in [9.17, 15) is 5.11 Å². The van der Waals surface area contributed by atoms with Crippen LogP contribution in [0.4, 0.5) is 0 Å². The van der Waals surface area contributed by atoms with E-state index < -0.39 is 0 Å². The molecule has 1 aromatic carbocycles. The molecule has 3 aromatic rings. The van der Waals surface area contributed by atoms with E-state index in [1.54, 1.807) is 0 Å². The molecule has 0 saturated carbocycles. The molecular weight excluding hydrogens is 356 g/mol. The number of aryl methyl sites for hydroxylation is 1. The van der Waals surface area contributed by atoms with Gasteiger partial charge >= 0.3 is 0 Å². The normalized spacial score (nSPS) is 15.7. The zero-order valence-electron chi connectivity index (χ0n) is 16.6. The highest BCUT2D eigenvalue weighted by Gasteiger charge is 2.24. The quantitative estimate of drug-likeness (QED) is 0.649. The highest BCUT2D eigenvalue weighted by Crippen LogP contribution is 2.31. The van der Waals surface area contributed by atoms with Gasteiger partial charge in [0.25, 0.3) is 0 Å². The fourth-order valence-electron chi connectivity index (χ4n) is 3.73. The summed E-state index contributed by atoms with van der Waals surface area (Å²) in [6.45, 7) is 2.40. The lowest BCUT2D eigenvalue weighted by molar-refractivity contribution is 0.0665. The van der Waals surface area contributed by atoms with Crippen molar-refractivity contribution in [2.75, 3.05) is 33.9 Å². The fourth-order valence-corrected chi connectivity index (χ4v) is 3.73. The van der Waals surface area contributed by atoms with Crippen molar-refractivity contribution in [3.05, 3.63) is 29.8 Å². The van der Waals surface area contributed by atoms with E-state index in [0.29, 0.717) is 5.82 Å². The molecule has 0 amide bonds. The number of aliphatic hydroxyl groups excluding tert-OH is 1. The van der Waals surface area contributed by atoms with Gasteiger partial charge in [-0.2, -0.15) is 5.10 Å². The largest absolute Gasteiger partial charge is 0.388 e. The van der Waals surface area contributed by atoms with Crippen LogP contribution < -0.4 is 0 Å². The zero-order chi connectivity index (χ0) is 19.5. The Balaban J connectivity index is 1.73. The van der Waals surface area contributed by atoms with Crippen LogP contribution in [0.2, 0.25) is 0 Å². The third kappa shape index (κ3) is 3.94. The van der Waals surface area contributed by atoms with Crippen molar-refractivity contribution in [1.82, 2.24) is 29.6 Å². The molecule has 3 heterocycles. The van der Waals surface area contributed by atoms with Crippen molar-refractivity contribution in [2.24, 2.45) is 0 Å². The molecule has 0 radical (unpaired) electrons. The summed E-state index contributed by atoms with van der Waals surface area (Å²) < 4.78 is 7.62. The van der Waals surface area contributed by atoms with E-state index in [0.717, 1.165) is 73.7 Å². The van der Waals surface area contributed by atoms with E-state index in [4.69, 9.17) is 14.8 Å². The smallest absolute Gasteiger partial charge is 0.160 e. The predicted octanol–water partition coefficient (Wildman–Crippen LogP) is 2.16. The molecule has 8 heteroatoms. The van der Waals surface area contributed by atoms with Gasteiger partial charge in [-0.05, 0) is 52.0 Å². The number of hydrogen-bond acceptors (Lipinski definition) is 6. The first kappa shape index (κ1) is 19.0. The number of hydrogen-bond donors (Lipinski definition) is 2. The molecule has 0 spiro atoms. The summed E-state index contributed by atoms with van der Waals surface area (Å²) in [4.78, 5) is 14.8. The van der Waals surface area contributed by atoms with Crippen LogP contribution >= 0.6 is 0 Å². The van der Waals surface area contributed by atoms with E-state index in [-0.39, 0.29) is 12.6 Å². The number of nitrogens with one attached hydrogen (secondary N) is 1. The third-order valence-corrected chi connectivity index (χ3v) is 5.17. The van der Waals surface area contributed by atoms with Gasteiger partial charge < -0.3 is 19.7 Å². The third-order valence-electron chi connectivity index (χ3n) is 5.17. The molecule has 8 nitrogen and oxygen atoms in total. The van der Waals surface area contributed by atoms with Gasteiger partial charge in [0.1, 0.15) is 12.4 Å². The van der Waals surface area contributed by atoms with Crippen LogP contribution in [-0.4, -0.2) is 68.6 Å². The van der Waals surface area contributed by atoms with Crippen LogP contribution in [0.15, 0.2) is 18.2 Å². The molecule has 2 N–H and O–H groups in total. The Morgan fingerprint density at radius 1 is 1.25 bits per heavy atom. The highest BCUT2D eigenvalue weighted by molar-refractivity contribution is 5.90. The second-order valence-electron chi connectivity index (χ2n) is 7.59. The molecule has 150 valence electrons. The molecule has 0 atom stereocenters. The molecule has 0 unspecified atom stereocenters. The number of aliphatic hydroxyl groups is 1. The summed E-state index contributed by atoms with van der Waals surface area (Å²) in [5, 5.41) is 14.3. The van der Waals surface area contributed by atoms with Gasteiger partial charge in [-0.1, -0.05) is 6.07 Å². The lowest BCUT2D eigenvalue weighted by Gasteiger charge is -2.23. The Bertz CT molecular complexity index is 926. The predicted molar refractivity (Wildman–Crippen MR) is 107 cm³/mol. The monoisotopic (exact) mass is 384 g/mol. The van der Waals surface area contributed by atoms with Crippen LogP contribution in [-0.2, 0) is 17.8 Å². The van der Waals surface area contributed by atoms with E-state index >= 15 is 0 Å². The van der Waals surface area contributed by atoms with Gasteiger partial charge in [0.05, 0.1) is 17.1 Å². The van der Waals surface area contributed by atoms with Gasteiger partial charge in [-0.25, -0.2) is 14.6 Å². The maximum Gasteiger partial charge on any atom is 0.160 e. The number of nitrogens with zero attached hydrogens (tertiary/aromatic N) is 5. The molecule has 0 bridgehead atoms. The molecule has 4 rings (SSSR count). The number of fused-ring (bicyclic) bond motifs is 1. The number of para-hydroxylation sites is 1. The summed E-state index contributed by atoms with van der Waals surface area (Å²) in [5.74, 6) is 2.29. The maximum absolute atomic E-state index is 9.46. The second-order valence-corrected chi connectivity index (χ2v) is 7.59. The van der Waals surface area contributed by atoms with Crippen molar-refractivity contribution in [3.8, 4) is 11.4 Å². The molecule has 1 saturated heterocycles. The summed E-state index contributed by atoms with van der Waals surface area (Å²) in [6, 6.07) is 6.28. The molecule has 28 heavy (non-hydrogen) atoms. The lowest BCUT2D eigenvalue weighted by Crippen LogP contribution is -2.21.